The predicted molar refractivity (Wildman–Crippen MR) is 141 cm³/mol. The monoisotopic (exact) mass is 475 g/mol. The number of nitrogens with zero attached hydrogens (tertiary/aromatic N) is 4. The Labute approximate surface area is 211 Å². The number of fused-ring (bicyclic) bond motifs is 1. The van der Waals surface area contributed by atoms with Gasteiger partial charge in [0.05, 0.1) is 17.8 Å². The van der Waals surface area contributed by atoms with Gasteiger partial charge in [0, 0.05) is 37.6 Å². The summed E-state index contributed by atoms with van der Waals surface area (Å²) >= 11 is 0. The first-order valence-electron chi connectivity index (χ1n) is 12.3. The Kier molecular flexibility index (Phi) is 6.92. The number of anilines is 1. The van der Waals surface area contributed by atoms with Gasteiger partial charge in [-0.15, -0.1) is 0 Å². The van der Waals surface area contributed by atoms with Gasteiger partial charge in [-0.3, -0.25) is 9.48 Å². The lowest BCUT2D eigenvalue weighted by atomic mass is 9.96. The molecule has 6 nitrogen and oxygen atoms in total. The molecule has 6 heteroatoms. The number of hydrogen-bond donors (Lipinski definition) is 1. The summed E-state index contributed by atoms with van der Waals surface area (Å²) in [4.78, 5) is 15.9. The maximum Gasteiger partial charge on any atom is 0.248 e. The van der Waals surface area contributed by atoms with E-state index in [0.29, 0.717) is 18.7 Å². The van der Waals surface area contributed by atoms with Crippen LogP contribution in [-0.4, -0.2) is 28.8 Å². The highest BCUT2D eigenvalue weighted by Gasteiger charge is 2.29. The summed E-state index contributed by atoms with van der Waals surface area (Å²) in [7, 11) is 1.92. The van der Waals surface area contributed by atoms with Gasteiger partial charge in [-0.25, -0.2) is 0 Å². The average molecular weight is 476 g/mol. The molecule has 0 spiro atoms. The molecule has 2 heterocycles. The van der Waals surface area contributed by atoms with Gasteiger partial charge in [-0.05, 0) is 65.8 Å². The molecule has 0 bridgehead atoms. The summed E-state index contributed by atoms with van der Waals surface area (Å²) in [5.41, 5.74) is 7.13. The average Bonchev–Trinajstić information content (AvgIpc) is 3.37. The van der Waals surface area contributed by atoms with E-state index in [1.54, 1.807) is 4.68 Å². The Morgan fingerprint density at radius 1 is 1.08 bits per heavy atom. The van der Waals surface area contributed by atoms with Crippen LogP contribution in [0.3, 0.4) is 0 Å². The molecule has 4 aromatic rings. The molecular formula is C30H29N5O. The molecule has 0 unspecified atom stereocenters. The summed E-state index contributed by atoms with van der Waals surface area (Å²) < 4.78 is 1.80. The second kappa shape index (κ2) is 10.6. The lowest BCUT2D eigenvalue weighted by Gasteiger charge is -2.33. The molecule has 0 aliphatic carbocycles. The van der Waals surface area contributed by atoms with E-state index in [-0.39, 0.29) is 5.91 Å². The smallest absolute Gasteiger partial charge is 0.248 e. The van der Waals surface area contributed by atoms with Crippen molar-refractivity contribution in [2.24, 2.45) is 7.05 Å². The number of nitrogens with one attached hydrogen (secondary N) is 1. The zero-order valence-electron chi connectivity index (χ0n) is 20.4. The van der Waals surface area contributed by atoms with E-state index in [4.69, 9.17) is 5.26 Å². The Morgan fingerprint density at radius 2 is 1.89 bits per heavy atom. The number of rotatable bonds is 7. The van der Waals surface area contributed by atoms with Gasteiger partial charge in [0.2, 0.25) is 5.91 Å². The lowest BCUT2D eigenvalue weighted by molar-refractivity contribution is -0.120. The second-order valence-corrected chi connectivity index (χ2v) is 9.20. The quantitative estimate of drug-likeness (QED) is 0.416. The third-order valence-electron chi connectivity index (χ3n) is 6.73. The maximum absolute atomic E-state index is 14.0. The summed E-state index contributed by atoms with van der Waals surface area (Å²) in [6.45, 7) is 1.36. The van der Waals surface area contributed by atoms with Crippen LogP contribution in [0.5, 0.6) is 0 Å². The number of benzene rings is 3. The van der Waals surface area contributed by atoms with E-state index in [1.165, 1.54) is 5.56 Å². The van der Waals surface area contributed by atoms with E-state index >= 15 is 0 Å². The van der Waals surface area contributed by atoms with Crippen molar-refractivity contribution < 1.29 is 4.79 Å². The minimum atomic E-state index is -0.437. The molecule has 1 aromatic heterocycles. The minimum absolute atomic E-state index is 0.0658. The van der Waals surface area contributed by atoms with Crippen LogP contribution >= 0.6 is 0 Å². The molecule has 0 saturated carbocycles. The molecule has 1 atom stereocenters. The largest absolute Gasteiger partial charge is 0.310 e. The third kappa shape index (κ3) is 5.07. The van der Waals surface area contributed by atoms with Crippen molar-refractivity contribution in [3.8, 4) is 17.2 Å². The Bertz CT molecular complexity index is 1390. The van der Waals surface area contributed by atoms with E-state index in [1.807, 2.05) is 78.9 Å². The molecule has 1 aliphatic heterocycles. The van der Waals surface area contributed by atoms with Crippen molar-refractivity contribution in [3.05, 3.63) is 107 Å². The van der Waals surface area contributed by atoms with Crippen molar-refractivity contribution in [2.75, 3.05) is 18.0 Å². The van der Waals surface area contributed by atoms with Crippen molar-refractivity contribution in [1.82, 2.24) is 15.1 Å². The molecule has 1 N–H and O–H groups in total. The molecule has 36 heavy (non-hydrogen) atoms. The molecular weight excluding hydrogens is 446 g/mol. The highest BCUT2D eigenvalue weighted by molar-refractivity contribution is 5.99. The Balaban J connectivity index is 1.36. The van der Waals surface area contributed by atoms with Gasteiger partial charge in [-0.1, -0.05) is 48.5 Å². The molecule has 0 saturated heterocycles. The van der Waals surface area contributed by atoms with E-state index in [0.717, 1.165) is 47.2 Å². The number of carbonyl (C=O) groups is 1. The second-order valence-electron chi connectivity index (χ2n) is 9.20. The van der Waals surface area contributed by atoms with Gasteiger partial charge in [0.15, 0.2) is 0 Å². The van der Waals surface area contributed by atoms with Gasteiger partial charge < -0.3 is 10.2 Å². The van der Waals surface area contributed by atoms with Gasteiger partial charge in [-0.2, -0.15) is 10.4 Å². The number of carbonyl (C=O) groups excluding carboxylic acids is 1. The zero-order chi connectivity index (χ0) is 24.9. The maximum atomic E-state index is 14.0. The van der Waals surface area contributed by atoms with Crippen molar-refractivity contribution in [1.29, 1.82) is 5.26 Å². The van der Waals surface area contributed by atoms with Crippen LogP contribution < -0.4 is 10.2 Å². The van der Waals surface area contributed by atoms with Crippen LogP contribution in [0.15, 0.2) is 85.2 Å². The normalized spacial score (nSPS) is 13.6. The number of amides is 1. The van der Waals surface area contributed by atoms with Crippen LogP contribution in [0.25, 0.3) is 11.1 Å². The first kappa shape index (κ1) is 23.5. The summed E-state index contributed by atoms with van der Waals surface area (Å²) in [5.74, 6) is 0.0658. The van der Waals surface area contributed by atoms with E-state index < -0.39 is 6.04 Å². The fourth-order valence-corrected chi connectivity index (χ4v) is 4.83. The van der Waals surface area contributed by atoms with Crippen molar-refractivity contribution in [2.45, 2.75) is 25.3 Å². The highest BCUT2D eigenvalue weighted by atomic mass is 16.2. The van der Waals surface area contributed by atoms with Crippen molar-refractivity contribution in [3.63, 3.8) is 0 Å². The van der Waals surface area contributed by atoms with Gasteiger partial charge in [0.25, 0.3) is 0 Å². The fraction of sp³-hybridized carbons (Fsp3) is 0.233. The Hall–Kier alpha value is -4.21. The molecule has 0 fully saturated rings. The predicted octanol–water partition coefficient (Wildman–Crippen LogP) is 4.81. The van der Waals surface area contributed by atoms with Crippen LogP contribution in [0.4, 0.5) is 5.69 Å². The molecule has 5 rings (SSSR count). The molecule has 180 valence electrons. The Morgan fingerprint density at radius 3 is 2.61 bits per heavy atom. The van der Waals surface area contributed by atoms with Gasteiger partial charge in [0.1, 0.15) is 6.04 Å². The first-order valence-corrected chi connectivity index (χ1v) is 12.3. The van der Waals surface area contributed by atoms with E-state index in [9.17, 15) is 4.79 Å². The highest BCUT2D eigenvalue weighted by Crippen LogP contribution is 2.33. The SMILES string of the molecule is Cn1cc(-c2ccc3c(c2)CCCN3C(=O)[C@@H](NCCc2ccc(C#N)cc2)c2ccccc2)cn1. The third-order valence-corrected chi connectivity index (χ3v) is 6.73. The van der Waals surface area contributed by atoms with Crippen LogP contribution in [0.1, 0.15) is 34.7 Å². The first-order chi connectivity index (χ1) is 17.6. The molecule has 3 aromatic carbocycles. The van der Waals surface area contributed by atoms with Crippen LogP contribution in [-0.2, 0) is 24.7 Å². The number of hydrogen-bond acceptors (Lipinski definition) is 4. The summed E-state index contributed by atoms with van der Waals surface area (Å²) in [5, 5.41) is 16.8. The van der Waals surface area contributed by atoms with Crippen LogP contribution in [0, 0.1) is 11.3 Å². The van der Waals surface area contributed by atoms with Crippen molar-refractivity contribution >= 4 is 11.6 Å². The zero-order valence-corrected chi connectivity index (χ0v) is 20.4. The van der Waals surface area contributed by atoms with Gasteiger partial charge >= 0.3 is 0 Å². The number of aromatic nitrogens is 2. The molecule has 1 amide bonds. The standard InChI is InChI=1S/C30H29N5O/c1-34-21-27(20-33-34)25-13-14-28-26(18-25)8-5-17-35(28)30(36)29(24-6-3-2-4-7-24)32-16-15-22-9-11-23(19-31)12-10-22/h2-4,6-7,9-14,18,20-21,29,32H,5,8,15-17H2,1H3/t29-/m0/s1. The topological polar surface area (TPSA) is 74.0 Å². The number of aryl methyl sites for hydroxylation is 2. The summed E-state index contributed by atoms with van der Waals surface area (Å²) in [6.07, 6.45) is 6.54. The van der Waals surface area contributed by atoms with E-state index in [2.05, 4.69) is 34.7 Å². The molecule has 0 radical (unpaired) electrons. The minimum Gasteiger partial charge on any atom is -0.310 e. The number of nitriles is 1. The summed E-state index contributed by atoms with van der Waals surface area (Å²) in [6, 6.07) is 25.6. The van der Waals surface area contributed by atoms with Crippen LogP contribution in [0.2, 0.25) is 0 Å². The fourth-order valence-electron chi connectivity index (χ4n) is 4.83. The lowest BCUT2D eigenvalue weighted by Crippen LogP contribution is -2.44. The molecule has 1 aliphatic rings.